The van der Waals surface area contributed by atoms with Crippen molar-refractivity contribution in [3.05, 3.63) is 53.1 Å². The second-order valence-electron chi connectivity index (χ2n) is 4.07. The van der Waals surface area contributed by atoms with Crippen molar-refractivity contribution in [2.75, 3.05) is 0 Å². The smallest absolute Gasteiger partial charge is 0.122 e. The second-order valence-corrected chi connectivity index (χ2v) is 4.07. The number of phenolic OH excluding ortho intramolecular Hbond substituents is 3. The van der Waals surface area contributed by atoms with Crippen LogP contribution in [0.2, 0.25) is 0 Å². The molecule has 0 bridgehead atoms. The summed E-state index contributed by atoms with van der Waals surface area (Å²) in [5.74, 6) is 0.311. The van der Waals surface area contributed by atoms with Crippen molar-refractivity contribution in [1.82, 2.24) is 0 Å². The fraction of sp³-hybridized carbons (Fsp3) is 0.143. The summed E-state index contributed by atoms with van der Waals surface area (Å²) in [5.41, 5.74) is 2.23. The molecule has 0 aliphatic heterocycles. The minimum atomic E-state index is 0.0275. The maximum atomic E-state index is 9.87. The molecular formula is C14H14O3. The van der Waals surface area contributed by atoms with Crippen LogP contribution in [-0.4, -0.2) is 15.3 Å². The van der Waals surface area contributed by atoms with Gasteiger partial charge < -0.3 is 15.3 Å². The van der Waals surface area contributed by atoms with E-state index in [1.807, 2.05) is 25.1 Å². The number of phenols is 3. The molecule has 88 valence electrons. The van der Waals surface area contributed by atoms with Crippen LogP contribution in [0.4, 0.5) is 0 Å². The number of aromatic hydroxyl groups is 3. The van der Waals surface area contributed by atoms with Crippen LogP contribution in [0, 0.1) is 6.92 Å². The molecule has 0 aliphatic rings. The first kappa shape index (κ1) is 11.3. The number of benzene rings is 2. The highest BCUT2D eigenvalue weighted by atomic mass is 16.3. The Labute approximate surface area is 99.6 Å². The van der Waals surface area contributed by atoms with E-state index in [1.165, 1.54) is 12.1 Å². The Hall–Kier alpha value is -2.16. The summed E-state index contributed by atoms with van der Waals surface area (Å²) in [7, 11) is 0. The van der Waals surface area contributed by atoms with E-state index in [9.17, 15) is 15.3 Å². The van der Waals surface area contributed by atoms with Gasteiger partial charge in [0.1, 0.15) is 17.2 Å². The molecule has 0 aliphatic carbocycles. The summed E-state index contributed by atoms with van der Waals surface area (Å²) < 4.78 is 0. The van der Waals surface area contributed by atoms with Crippen LogP contribution in [0.5, 0.6) is 17.2 Å². The first-order chi connectivity index (χ1) is 8.08. The van der Waals surface area contributed by atoms with Gasteiger partial charge in [-0.2, -0.15) is 0 Å². The van der Waals surface area contributed by atoms with Crippen molar-refractivity contribution in [2.24, 2.45) is 0 Å². The molecule has 0 saturated heterocycles. The molecular weight excluding hydrogens is 216 g/mol. The van der Waals surface area contributed by atoms with Crippen LogP contribution < -0.4 is 0 Å². The minimum absolute atomic E-state index is 0.0275. The predicted octanol–water partition coefficient (Wildman–Crippen LogP) is 2.70. The lowest BCUT2D eigenvalue weighted by molar-refractivity contribution is 0.445. The van der Waals surface area contributed by atoms with Gasteiger partial charge in [-0.15, -0.1) is 0 Å². The van der Waals surface area contributed by atoms with E-state index in [0.717, 1.165) is 11.1 Å². The third-order valence-electron chi connectivity index (χ3n) is 2.77. The zero-order valence-corrected chi connectivity index (χ0v) is 9.51. The molecule has 0 saturated carbocycles. The van der Waals surface area contributed by atoms with Gasteiger partial charge in [-0.3, -0.25) is 0 Å². The average molecular weight is 230 g/mol. The highest BCUT2D eigenvalue weighted by molar-refractivity contribution is 5.46. The van der Waals surface area contributed by atoms with Crippen LogP contribution in [0.25, 0.3) is 0 Å². The first-order valence-corrected chi connectivity index (χ1v) is 5.36. The molecule has 0 atom stereocenters. The van der Waals surface area contributed by atoms with Crippen molar-refractivity contribution in [2.45, 2.75) is 13.3 Å². The van der Waals surface area contributed by atoms with E-state index >= 15 is 0 Å². The predicted molar refractivity (Wildman–Crippen MR) is 65.4 cm³/mol. The molecule has 3 N–H and O–H groups in total. The average Bonchev–Trinajstić information content (AvgIpc) is 2.28. The van der Waals surface area contributed by atoms with E-state index in [0.29, 0.717) is 12.0 Å². The monoisotopic (exact) mass is 230 g/mol. The fourth-order valence-electron chi connectivity index (χ4n) is 1.77. The summed E-state index contributed by atoms with van der Waals surface area (Å²) in [6.45, 7) is 1.83. The third-order valence-corrected chi connectivity index (χ3v) is 2.77. The maximum absolute atomic E-state index is 9.87. The number of hydrogen-bond acceptors (Lipinski definition) is 3. The van der Waals surface area contributed by atoms with Gasteiger partial charge in [-0.25, -0.2) is 0 Å². The number of hydrogen-bond donors (Lipinski definition) is 3. The molecule has 0 spiro atoms. The molecule has 17 heavy (non-hydrogen) atoms. The highest BCUT2D eigenvalue weighted by Gasteiger charge is 2.08. The van der Waals surface area contributed by atoms with Crippen LogP contribution >= 0.6 is 0 Å². The first-order valence-electron chi connectivity index (χ1n) is 5.36. The lowest BCUT2D eigenvalue weighted by Crippen LogP contribution is -1.91. The normalized spacial score (nSPS) is 10.4. The molecule has 0 radical (unpaired) electrons. The number of aryl methyl sites for hydroxylation is 1. The molecule has 0 amide bonds. The van der Waals surface area contributed by atoms with Gasteiger partial charge in [0.25, 0.3) is 0 Å². The Kier molecular flexibility index (Phi) is 2.91. The van der Waals surface area contributed by atoms with Gasteiger partial charge in [-0.1, -0.05) is 24.3 Å². The third kappa shape index (κ3) is 2.33. The summed E-state index contributed by atoms with van der Waals surface area (Å²) >= 11 is 0. The van der Waals surface area contributed by atoms with Crippen molar-refractivity contribution in [3.8, 4) is 17.2 Å². The summed E-state index contributed by atoms with van der Waals surface area (Å²) in [4.78, 5) is 0. The van der Waals surface area contributed by atoms with Gasteiger partial charge in [-0.05, 0) is 29.7 Å². The quantitative estimate of drug-likeness (QED) is 0.743. The van der Waals surface area contributed by atoms with E-state index < -0.39 is 0 Å². The minimum Gasteiger partial charge on any atom is -0.508 e. The molecule has 2 aromatic carbocycles. The largest absolute Gasteiger partial charge is 0.508 e. The topological polar surface area (TPSA) is 60.7 Å². The molecule has 0 aromatic heterocycles. The van der Waals surface area contributed by atoms with Crippen LogP contribution in [0.15, 0.2) is 36.4 Å². The Bertz CT molecular complexity index is 547. The Morgan fingerprint density at radius 3 is 2.41 bits per heavy atom. The highest BCUT2D eigenvalue weighted by Crippen LogP contribution is 2.29. The van der Waals surface area contributed by atoms with Gasteiger partial charge in [0.05, 0.1) is 0 Å². The summed E-state index contributed by atoms with van der Waals surface area (Å²) in [6.07, 6.45) is 0.430. The van der Waals surface area contributed by atoms with Crippen LogP contribution in [0.1, 0.15) is 16.7 Å². The SMILES string of the molecule is Cc1cccc(Cc2ccc(O)cc2O)c1O. The molecule has 2 aromatic rings. The van der Waals surface area contributed by atoms with Crippen molar-refractivity contribution >= 4 is 0 Å². The van der Waals surface area contributed by atoms with Crippen LogP contribution in [-0.2, 0) is 6.42 Å². The standard InChI is InChI=1S/C14H14O3/c1-9-3-2-4-11(14(9)17)7-10-5-6-12(15)8-13(10)16/h2-6,8,15-17H,7H2,1H3. The van der Waals surface area contributed by atoms with E-state index in [1.54, 1.807) is 6.07 Å². The number of rotatable bonds is 2. The zero-order valence-electron chi connectivity index (χ0n) is 9.51. The number of para-hydroxylation sites is 1. The van der Waals surface area contributed by atoms with Crippen molar-refractivity contribution in [1.29, 1.82) is 0 Å². The lowest BCUT2D eigenvalue weighted by atomic mass is 10.0. The molecule has 0 heterocycles. The lowest BCUT2D eigenvalue weighted by Gasteiger charge is -2.08. The van der Waals surface area contributed by atoms with E-state index in [-0.39, 0.29) is 17.2 Å². The van der Waals surface area contributed by atoms with Crippen molar-refractivity contribution in [3.63, 3.8) is 0 Å². The maximum Gasteiger partial charge on any atom is 0.122 e. The molecule has 0 unspecified atom stereocenters. The Balaban J connectivity index is 2.35. The summed E-state index contributed by atoms with van der Waals surface area (Å²) in [6, 6.07) is 9.96. The van der Waals surface area contributed by atoms with Gasteiger partial charge >= 0.3 is 0 Å². The fourth-order valence-corrected chi connectivity index (χ4v) is 1.77. The van der Waals surface area contributed by atoms with Crippen molar-refractivity contribution < 1.29 is 15.3 Å². The Morgan fingerprint density at radius 2 is 1.71 bits per heavy atom. The van der Waals surface area contributed by atoms with E-state index in [2.05, 4.69) is 0 Å². The molecule has 3 nitrogen and oxygen atoms in total. The van der Waals surface area contributed by atoms with E-state index in [4.69, 9.17) is 0 Å². The summed E-state index contributed by atoms with van der Waals surface area (Å²) in [5, 5.41) is 28.7. The molecule has 3 heteroatoms. The Morgan fingerprint density at radius 1 is 0.941 bits per heavy atom. The van der Waals surface area contributed by atoms with Gasteiger partial charge in [0.15, 0.2) is 0 Å². The molecule has 2 rings (SSSR count). The van der Waals surface area contributed by atoms with Gasteiger partial charge in [0.2, 0.25) is 0 Å². The molecule has 0 fully saturated rings. The second kappa shape index (κ2) is 4.37. The van der Waals surface area contributed by atoms with Crippen LogP contribution in [0.3, 0.4) is 0 Å². The van der Waals surface area contributed by atoms with Gasteiger partial charge in [0, 0.05) is 12.5 Å². The zero-order chi connectivity index (χ0) is 12.4.